The van der Waals surface area contributed by atoms with Gasteiger partial charge < -0.3 is 19.9 Å². The van der Waals surface area contributed by atoms with E-state index in [-0.39, 0.29) is 40.0 Å². The molecule has 1 aliphatic carbocycles. The number of rotatable bonds is 10. The zero-order chi connectivity index (χ0) is 25.6. The van der Waals surface area contributed by atoms with Gasteiger partial charge in [-0.3, -0.25) is 4.79 Å². The average Bonchev–Trinajstić information content (AvgIpc) is 3.68. The van der Waals surface area contributed by atoms with Crippen molar-refractivity contribution in [2.24, 2.45) is 4.99 Å². The van der Waals surface area contributed by atoms with Crippen molar-refractivity contribution in [1.82, 2.24) is 5.32 Å². The maximum Gasteiger partial charge on any atom is 0.251 e. The first kappa shape index (κ1) is 26.7. The number of halogens is 2. The van der Waals surface area contributed by atoms with Crippen LogP contribution in [0.1, 0.15) is 44.0 Å². The Balaban J connectivity index is 1.73. The Kier molecular flexibility index (Phi) is 8.92. The van der Waals surface area contributed by atoms with Crippen molar-refractivity contribution in [1.29, 1.82) is 0 Å². The molecule has 0 heterocycles. The van der Waals surface area contributed by atoms with Crippen molar-refractivity contribution in [2.45, 2.75) is 39.7 Å². The minimum absolute atomic E-state index is 0.0643. The fraction of sp³-hybridized carbons (Fsp3) is 0.308. The van der Waals surface area contributed by atoms with Crippen LogP contribution in [-0.4, -0.2) is 30.2 Å². The Morgan fingerprint density at radius 2 is 1.89 bits per heavy atom. The molecule has 2 aromatic rings. The molecule has 6 nitrogen and oxygen atoms in total. The van der Waals surface area contributed by atoms with E-state index in [1.165, 1.54) is 18.2 Å². The van der Waals surface area contributed by atoms with Crippen molar-refractivity contribution in [3.8, 4) is 5.75 Å². The fourth-order valence-electron chi connectivity index (χ4n) is 3.29. The van der Waals surface area contributed by atoms with E-state index in [4.69, 9.17) is 16.3 Å². The first-order valence-electron chi connectivity index (χ1n) is 11.5. The lowest BCUT2D eigenvalue weighted by Crippen LogP contribution is -2.25. The lowest BCUT2D eigenvalue weighted by Gasteiger charge is -2.15. The number of carbonyl (C=O) groups is 1. The molecule has 0 spiro atoms. The third-order valence-corrected chi connectivity index (χ3v) is 9.32. The van der Waals surface area contributed by atoms with Crippen molar-refractivity contribution in [3.63, 3.8) is 0 Å². The van der Waals surface area contributed by atoms with Crippen LogP contribution in [0.25, 0.3) is 0 Å². The summed E-state index contributed by atoms with van der Waals surface area (Å²) in [5.74, 6) is -0.306. The first-order chi connectivity index (χ1) is 16.7. The number of hydrogen-bond acceptors (Lipinski definition) is 5. The van der Waals surface area contributed by atoms with Crippen molar-refractivity contribution in [2.75, 3.05) is 17.6 Å². The SMILES string of the molecule is C=C(/N=C(Oc1ccc(P(=O)(CC)CC)cc1)\C(Cl)=C/C)Nc1ccc(C(=O)NC2CC2)cc1F. The molecule has 0 bridgehead atoms. The predicted molar refractivity (Wildman–Crippen MR) is 142 cm³/mol. The number of aliphatic imine (C=N–C) groups is 1. The largest absolute Gasteiger partial charge is 0.437 e. The maximum atomic E-state index is 14.6. The second kappa shape index (κ2) is 11.7. The summed E-state index contributed by atoms with van der Waals surface area (Å²) in [5.41, 5.74) is 0.353. The number of nitrogens with one attached hydrogen (secondary N) is 2. The Labute approximate surface area is 210 Å². The van der Waals surface area contributed by atoms with E-state index in [0.717, 1.165) is 18.1 Å². The van der Waals surface area contributed by atoms with Crippen LogP contribution in [0.15, 0.2) is 71.0 Å². The van der Waals surface area contributed by atoms with Gasteiger partial charge >= 0.3 is 0 Å². The highest BCUT2D eigenvalue weighted by molar-refractivity contribution is 7.71. The zero-order valence-electron chi connectivity index (χ0n) is 20.1. The van der Waals surface area contributed by atoms with Crippen LogP contribution in [0, 0.1) is 5.82 Å². The van der Waals surface area contributed by atoms with Gasteiger partial charge in [0.15, 0.2) is 0 Å². The summed E-state index contributed by atoms with van der Waals surface area (Å²) in [5, 5.41) is 6.63. The molecular weight excluding hydrogens is 488 g/mol. The number of amides is 1. The molecule has 0 radical (unpaired) electrons. The lowest BCUT2D eigenvalue weighted by atomic mass is 10.2. The number of hydrogen-bond donors (Lipinski definition) is 2. The number of allylic oxidation sites excluding steroid dienone is 1. The molecule has 0 aliphatic heterocycles. The monoisotopic (exact) mass is 517 g/mol. The average molecular weight is 518 g/mol. The Hall–Kier alpha value is -2.89. The highest BCUT2D eigenvalue weighted by Crippen LogP contribution is 2.43. The molecular formula is C26H30ClFN3O3P. The molecule has 3 rings (SSSR count). The quantitative estimate of drug-likeness (QED) is 0.222. The number of carbonyl (C=O) groups excluding carboxylic acids is 1. The summed E-state index contributed by atoms with van der Waals surface area (Å²) < 4.78 is 33.4. The van der Waals surface area contributed by atoms with Crippen LogP contribution in [0.5, 0.6) is 5.75 Å². The molecule has 2 aromatic carbocycles. The Morgan fingerprint density at radius 1 is 1.23 bits per heavy atom. The maximum absolute atomic E-state index is 14.6. The lowest BCUT2D eigenvalue weighted by molar-refractivity contribution is 0.0950. The fourth-order valence-corrected chi connectivity index (χ4v) is 5.25. The van der Waals surface area contributed by atoms with Crippen molar-refractivity contribution < 1.29 is 18.5 Å². The van der Waals surface area contributed by atoms with Crippen LogP contribution >= 0.6 is 18.7 Å². The third kappa shape index (κ3) is 7.06. The topological polar surface area (TPSA) is 79.8 Å². The molecule has 1 saturated carbocycles. The molecule has 0 atom stereocenters. The van der Waals surface area contributed by atoms with Gasteiger partial charge in [-0.15, -0.1) is 0 Å². The number of anilines is 1. The molecule has 35 heavy (non-hydrogen) atoms. The third-order valence-electron chi connectivity index (χ3n) is 5.66. The molecule has 9 heteroatoms. The minimum atomic E-state index is -2.40. The molecule has 1 fully saturated rings. The van der Waals surface area contributed by atoms with Crippen molar-refractivity contribution in [3.05, 3.63) is 77.4 Å². The summed E-state index contributed by atoms with van der Waals surface area (Å²) in [7, 11) is -2.40. The van der Waals surface area contributed by atoms with Crippen molar-refractivity contribution >= 4 is 41.5 Å². The van der Waals surface area contributed by atoms with Crippen LogP contribution in [0.2, 0.25) is 0 Å². The molecule has 2 N–H and O–H groups in total. The van der Waals surface area contributed by atoms with E-state index in [1.807, 2.05) is 13.8 Å². The molecule has 0 saturated heterocycles. The van der Waals surface area contributed by atoms with Gasteiger partial charge in [-0.1, -0.05) is 38.1 Å². The summed E-state index contributed by atoms with van der Waals surface area (Å²) in [6, 6.07) is 11.3. The van der Waals surface area contributed by atoms with E-state index >= 15 is 0 Å². The molecule has 0 aromatic heterocycles. The Bertz CT molecular complexity index is 1200. The van der Waals surface area contributed by atoms with Crippen LogP contribution in [0.4, 0.5) is 10.1 Å². The van der Waals surface area contributed by atoms with E-state index < -0.39 is 13.0 Å². The van der Waals surface area contributed by atoms with E-state index in [9.17, 15) is 13.8 Å². The molecule has 1 aliphatic rings. The summed E-state index contributed by atoms with van der Waals surface area (Å²) >= 11 is 6.28. The van der Waals surface area contributed by atoms with Gasteiger partial charge in [0.1, 0.15) is 24.5 Å². The van der Waals surface area contributed by atoms with Crippen LogP contribution in [-0.2, 0) is 4.57 Å². The Morgan fingerprint density at radius 3 is 2.43 bits per heavy atom. The van der Waals surface area contributed by atoms with Gasteiger partial charge in [0, 0.05) is 29.2 Å². The first-order valence-corrected chi connectivity index (χ1v) is 14.0. The molecule has 186 valence electrons. The molecule has 0 unspecified atom stereocenters. The van der Waals surface area contributed by atoms with E-state index in [1.54, 1.807) is 37.3 Å². The number of nitrogens with zero attached hydrogens (tertiary/aromatic N) is 1. The van der Waals surface area contributed by atoms with Gasteiger partial charge in [-0.05, 0) is 62.2 Å². The van der Waals surface area contributed by atoms with Crippen LogP contribution in [0.3, 0.4) is 0 Å². The number of ether oxygens (including phenoxy) is 1. The zero-order valence-corrected chi connectivity index (χ0v) is 21.8. The van der Waals surface area contributed by atoms with Crippen LogP contribution < -0.4 is 20.7 Å². The minimum Gasteiger partial charge on any atom is -0.437 e. The predicted octanol–water partition coefficient (Wildman–Crippen LogP) is 6.25. The summed E-state index contributed by atoms with van der Waals surface area (Å²) in [6.45, 7) is 9.38. The highest BCUT2D eigenvalue weighted by atomic mass is 35.5. The normalized spacial score (nSPS) is 14.4. The van der Waals surface area contributed by atoms with Gasteiger partial charge in [-0.25, -0.2) is 4.39 Å². The smallest absolute Gasteiger partial charge is 0.251 e. The highest BCUT2D eigenvalue weighted by Gasteiger charge is 2.24. The van der Waals surface area contributed by atoms with Gasteiger partial charge in [0.05, 0.1) is 10.7 Å². The summed E-state index contributed by atoms with van der Waals surface area (Å²) in [4.78, 5) is 16.4. The number of benzene rings is 2. The van der Waals surface area contributed by atoms with E-state index in [0.29, 0.717) is 18.1 Å². The standard InChI is InChI=1S/C26H30ClFN3O3P/c1-5-22(27)26(34-20-11-13-21(14-12-20)35(33,6-2)7-3)30-17(4)29-24-15-8-18(16-23(24)28)25(32)31-19-9-10-19/h5,8,11-16,19,29H,4,6-7,9-10H2,1-3H3,(H,31,32)/b22-5+,30-26+. The molecule has 1 amide bonds. The van der Waals surface area contributed by atoms with Gasteiger partial charge in [0.25, 0.3) is 5.91 Å². The van der Waals surface area contributed by atoms with Gasteiger partial charge in [0.2, 0.25) is 5.90 Å². The second-order valence-corrected chi connectivity index (χ2v) is 12.2. The van der Waals surface area contributed by atoms with Gasteiger partial charge in [-0.2, -0.15) is 4.99 Å². The second-order valence-electron chi connectivity index (χ2n) is 8.19. The van der Waals surface area contributed by atoms with E-state index in [2.05, 4.69) is 22.2 Å². The summed E-state index contributed by atoms with van der Waals surface area (Å²) in [6.07, 6.45) is 4.70.